The lowest BCUT2D eigenvalue weighted by molar-refractivity contribution is 0.0392. The van der Waals surface area contributed by atoms with E-state index in [9.17, 15) is 0 Å². The van der Waals surface area contributed by atoms with Crippen LogP contribution in [0.2, 0.25) is 0 Å². The highest BCUT2D eigenvalue weighted by Crippen LogP contribution is 2.20. The second-order valence-corrected chi connectivity index (χ2v) is 3.95. The number of morpholine rings is 1. The number of hydrogen-bond acceptors (Lipinski definition) is 2. The molecule has 60 valence electrons. The monoisotopic (exact) mass is 143 g/mol. The highest BCUT2D eigenvalue weighted by atomic mass is 16.5. The minimum Gasteiger partial charge on any atom is -0.378 e. The zero-order valence-corrected chi connectivity index (χ0v) is 7.11. The molecule has 1 unspecified atom stereocenters. The van der Waals surface area contributed by atoms with Crippen molar-refractivity contribution < 1.29 is 4.74 Å². The molecule has 0 aromatic rings. The van der Waals surface area contributed by atoms with Gasteiger partial charge >= 0.3 is 0 Å². The Labute approximate surface area is 63.0 Å². The lowest BCUT2D eigenvalue weighted by atomic mass is 9.87. The van der Waals surface area contributed by atoms with Crippen molar-refractivity contribution in [2.45, 2.75) is 26.8 Å². The maximum absolute atomic E-state index is 5.35. The summed E-state index contributed by atoms with van der Waals surface area (Å²) in [5.41, 5.74) is 0.334. The molecule has 10 heavy (non-hydrogen) atoms. The molecule has 0 aliphatic carbocycles. The smallest absolute Gasteiger partial charge is 0.0625 e. The van der Waals surface area contributed by atoms with Crippen molar-refractivity contribution in [3.05, 3.63) is 0 Å². The van der Waals surface area contributed by atoms with Gasteiger partial charge in [0, 0.05) is 12.6 Å². The first-order valence-electron chi connectivity index (χ1n) is 3.92. The van der Waals surface area contributed by atoms with Gasteiger partial charge in [0.25, 0.3) is 0 Å². The largest absolute Gasteiger partial charge is 0.378 e. The van der Waals surface area contributed by atoms with Crippen LogP contribution in [0.15, 0.2) is 0 Å². The zero-order valence-electron chi connectivity index (χ0n) is 7.11. The van der Waals surface area contributed by atoms with Gasteiger partial charge < -0.3 is 10.1 Å². The van der Waals surface area contributed by atoms with Crippen LogP contribution in [0, 0.1) is 5.41 Å². The van der Waals surface area contributed by atoms with Crippen LogP contribution in [0.5, 0.6) is 0 Å². The predicted molar refractivity (Wildman–Crippen MR) is 42.1 cm³/mol. The molecule has 1 atom stereocenters. The summed E-state index contributed by atoms with van der Waals surface area (Å²) in [6.45, 7) is 9.44. The molecule has 1 fully saturated rings. The van der Waals surface area contributed by atoms with Gasteiger partial charge in [-0.2, -0.15) is 0 Å². The molecular weight excluding hydrogens is 126 g/mol. The Morgan fingerprint density at radius 1 is 1.40 bits per heavy atom. The van der Waals surface area contributed by atoms with Crippen LogP contribution >= 0.6 is 0 Å². The van der Waals surface area contributed by atoms with E-state index in [0.29, 0.717) is 11.5 Å². The fourth-order valence-corrected chi connectivity index (χ4v) is 1.12. The molecule has 0 spiro atoms. The Kier molecular flexibility index (Phi) is 2.32. The summed E-state index contributed by atoms with van der Waals surface area (Å²) >= 11 is 0. The van der Waals surface area contributed by atoms with Crippen LogP contribution < -0.4 is 5.32 Å². The highest BCUT2D eigenvalue weighted by molar-refractivity contribution is 4.81. The van der Waals surface area contributed by atoms with Gasteiger partial charge in [-0.3, -0.25) is 0 Å². The minimum atomic E-state index is 0.334. The first-order valence-corrected chi connectivity index (χ1v) is 3.92. The summed E-state index contributed by atoms with van der Waals surface area (Å²) in [5.74, 6) is 0. The van der Waals surface area contributed by atoms with E-state index < -0.39 is 0 Å². The summed E-state index contributed by atoms with van der Waals surface area (Å²) < 4.78 is 5.35. The average Bonchev–Trinajstić information content (AvgIpc) is 1.88. The predicted octanol–water partition coefficient (Wildman–Crippen LogP) is 1.02. The zero-order chi connectivity index (χ0) is 7.61. The van der Waals surface area contributed by atoms with Crippen LogP contribution in [0.4, 0.5) is 0 Å². The van der Waals surface area contributed by atoms with E-state index in [1.54, 1.807) is 0 Å². The van der Waals surface area contributed by atoms with Crippen LogP contribution in [-0.2, 0) is 4.74 Å². The molecule has 1 rings (SSSR count). The first kappa shape index (κ1) is 8.02. The lowest BCUT2D eigenvalue weighted by Gasteiger charge is -2.34. The highest BCUT2D eigenvalue weighted by Gasteiger charge is 2.25. The molecule has 1 heterocycles. The van der Waals surface area contributed by atoms with Gasteiger partial charge in [0.2, 0.25) is 0 Å². The van der Waals surface area contributed by atoms with Gasteiger partial charge in [0.15, 0.2) is 0 Å². The Morgan fingerprint density at radius 3 is 2.40 bits per heavy atom. The third kappa shape index (κ3) is 1.96. The molecule has 1 saturated heterocycles. The second-order valence-electron chi connectivity index (χ2n) is 3.95. The number of nitrogens with one attached hydrogen (secondary N) is 1. The Hall–Kier alpha value is -0.0800. The van der Waals surface area contributed by atoms with E-state index >= 15 is 0 Å². The lowest BCUT2D eigenvalue weighted by Crippen LogP contribution is -2.48. The second kappa shape index (κ2) is 2.89. The van der Waals surface area contributed by atoms with Crippen molar-refractivity contribution in [1.29, 1.82) is 0 Å². The molecular formula is C8H17NO. The third-order valence-corrected chi connectivity index (χ3v) is 1.97. The maximum atomic E-state index is 5.35. The molecule has 0 aromatic carbocycles. The number of ether oxygens (including phenoxy) is 1. The average molecular weight is 143 g/mol. The van der Waals surface area contributed by atoms with Crippen LogP contribution in [-0.4, -0.2) is 25.8 Å². The van der Waals surface area contributed by atoms with Crippen LogP contribution in [0.3, 0.4) is 0 Å². The Bertz CT molecular complexity index is 100. The molecule has 0 aromatic heterocycles. The molecule has 1 aliphatic rings. The van der Waals surface area contributed by atoms with Gasteiger partial charge in [-0.1, -0.05) is 20.8 Å². The van der Waals surface area contributed by atoms with Gasteiger partial charge in [-0.25, -0.2) is 0 Å². The fraction of sp³-hybridized carbons (Fsp3) is 1.00. The molecule has 1 N–H and O–H groups in total. The summed E-state index contributed by atoms with van der Waals surface area (Å²) in [6, 6.07) is 0.529. The van der Waals surface area contributed by atoms with Crippen molar-refractivity contribution in [3.8, 4) is 0 Å². The Balaban J connectivity index is 2.39. The van der Waals surface area contributed by atoms with Crippen LogP contribution in [0.25, 0.3) is 0 Å². The molecule has 0 radical (unpaired) electrons. The molecule has 2 nitrogen and oxygen atoms in total. The summed E-state index contributed by atoms with van der Waals surface area (Å²) in [5, 5.41) is 3.43. The van der Waals surface area contributed by atoms with Gasteiger partial charge in [-0.05, 0) is 5.41 Å². The standard InChI is InChI=1S/C8H17NO/c1-8(2,3)7-6-10-5-4-9-7/h7,9H,4-6H2,1-3H3. The van der Waals surface area contributed by atoms with Crippen molar-refractivity contribution in [3.63, 3.8) is 0 Å². The molecule has 2 heteroatoms. The molecule has 1 aliphatic heterocycles. The molecule has 0 saturated carbocycles. The molecule has 0 amide bonds. The van der Waals surface area contributed by atoms with Gasteiger partial charge in [0.05, 0.1) is 13.2 Å². The van der Waals surface area contributed by atoms with Gasteiger partial charge in [-0.15, -0.1) is 0 Å². The van der Waals surface area contributed by atoms with Crippen LogP contribution in [0.1, 0.15) is 20.8 Å². The van der Waals surface area contributed by atoms with E-state index in [1.165, 1.54) is 0 Å². The van der Waals surface area contributed by atoms with E-state index in [4.69, 9.17) is 4.74 Å². The van der Waals surface area contributed by atoms with E-state index in [1.807, 2.05) is 0 Å². The van der Waals surface area contributed by atoms with E-state index in [2.05, 4.69) is 26.1 Å². The van der Waals surface area contributed by atoms with Gasteiger partial charge in [0.1, 0.15) is 0 Å². The summed E-state index contributed by atoms with van der Waals surface area (Å²) in [6.07, 6.45) is 0. The van der Waals surface area contributed by atoms with E-state index in [-0.39, 0.29) is 0 Å². The SMILES string of the molecule is CC(C)(C)C1COCCN1. The van der Waals surface area contributed by atoms with Crippen molar-refractivity contribution >= 4 is 0 Å². The van der Waals surface area contributed by atoms with E-state index in [0.717, 1.165) is 19.8 Å². The third-order valence-electron chi connectivity index (χ3n) is 1.97. The fourth-order valence-electron chi connectivity index (χ4n) is 1.12. The number of rotatable bonds is 0. The summed E-state index contributed by atoms with van der Waals surface area (Å²) in [4.78, 5) is 0. The maximum Gasteiger partial charge on any atom is 0.0625 e. The van der Waals surface area contributed by atoms with Crippen molar-refractivity contribution in [2.75, 3.05) is 19.8 Å². The quantitative estimate of drug-likeness (QED) is 0.546. The summed E-state index contributed by atoms with van der Waals surface area (Å²) in [7, 11) is 0. The normalized spacial score (nSPS) is 28.5. The Morgan fingerprint density at radius 2 is 2.10 bits per heavy atom. The topological polar surface area (TPSA) is 21.3 Å². The van der Waals surface area contributed by atoms with Crippen molar-refractivity contribution in [2.24, 2.45) is 5.41 Å². The first-order chi connectivity index (χ1) is 4.61. The van der Waals surface area contributed by atoms with Crippen molar-refractivity contribution in [1.82, 2.24) is 5.32 Å². The minimum absolute atomic E-state index is 0.334. The molecule has 0 bridgehead atoms. The number of hydrogen-bond donors (Lipinski definition) is 1.